The third-order valence-corrected chi connectivity index (χ3v) is 5.34. The monoisotopic (exact) mass is 445 g/mol. The minimum atomic E-state index is -3.94. The Morgan fingerprint density at radius 2 is 1.87 bits per heavy atom. The van der Waals surface area contributed by atoms with E-state index < -0.39 is 21.9 Å². The van der Waals surface area contributed by atoms with Gasteiger partial charge in [-0.1, -0.05) is 12.1 Å². The van der Waals surface area contributed by atoms with Gasteiger partial charge in [0.15, 0.2) is 0 Å². The van der Waals surface area contributed by atoms with E-state index in [0.29, 0.717) is 22.3 Å². The van der Waals surface area contributed by atoms with Crippen LogP contribution < -0.4 is 20.2 Å². The highest BCUT2D eigenvalue weighted by Crippen LogP contribution is 2.32. The Morgan fingerprint density at radius 1 is 1.16 bits per heavy atom. The summed E-state index contributed by atoms with van der Waals surface area (Å²) in [7, 11) is -0.826. The second kappa shape index (κ2) is 8.40. The number of rotatable bonds is 5. The summed E-state index contributed by atoms with van der Waals surface area (Å²) in [6, 6.07) is 9.96. The summed E-state index contributed by atoms with van der Waals surface area (Å²) in [6.45, 7) is 3.50. The van der Waals surface area contributed by atoms with Crippen molar-refractivity contribution in [2.45, 2.75) is 20.3 Å². The molecule has 0 saturated heterocycles. The van der Waals surface area contributed by atoms with Gasteiger partial charge in [-0.05, 0) is 49.2 Å². The molecule has 9 nitrogen and oxygen atoms in total. The lowest BCUT2D eigenvalue weighted by molar-refractivity contribution is 0.171. The van der Waals surface area contributed by atoms with Gasteiger partial charge in [0.1, 0.15) is 11.3 Å². The van der Waals surface area contributed by atoms with Crippen molar-refractivity contribution in [2.75, 3.05) is 18.8 Å². The van der Waals surface area contributed by atoms with Crippen LogP contribution in [0.3, 0.4) is 0 Å². The average molecular weight is 445 g/mol. The molecule has 3 aromatic rings. The summed E-state index contributed by atoms with van der Waals surface area (Å²) in [5.74, 6) is 0.238. The lowest BCUT2D eigenvalue weighted by Gasteiger charge is -2.16. The Kier molecular flexibility index (Phi) is 6.05. The van der Waals surface area contributed by atoms with Gasteiger partial charge in [-0.3, -0.25) is 4.72 Å². The number of ether oxygens (including phenoxy) is 1. The number of anilines is 1. The van der Waals surface area contributed by atoms with Crippen LogP contribution in [0.15, 0.2) is 45.6 Å². The number of hydrogen-bond acceptors (Lipinski definition) is 6. The highest BCUT2D eigenvalue weighted by molar-refractivity contribution is 7.90. The molecule has 0 radical (unpaired) electrons. The van der Waals surface area contributed by atoms with Crippen molar-refractivity contribution in [2.24, 2.45) is 5.14 Å². The van der Waals surface area contributed by atoms with E-state index in [4.69, 9.17) is 14.3 Å². The molecular formula is C21H23N3O6S. The molecule has 0 unspecified atom stereocenters. The molecule has 10 heteroatoms. The minimum Gasteiger partial charge on any atom is -0.422 e. The molecule has 164 valence electrons. The first-order chi connectivity index (χ1) is 14.5. The van der Waals surface area contributed by atoms with Crippen LogP contribution in [0.25, 0.3) is 11.0 Å². The summed E-state index contributed by atoms with van der Waals surface area (Å²) < 4.78 is 36.0. The lowest BCUT2D eigenvalue weighted by Crippen LogP contribution is -2.25. The maximum absolute atomic E-state index is 12.3. The van der Waals surface area contributed by atoms with Crippen LogP contribution in [-0.4, -0.2) is 33.5 Å². The molecule has 0 aliphatic carbocycles. The van der Waals surface area contributed by atoms with Crippen molar-refractivity contribution in [3.05, 3.63) is 69.1 Å². The van der Waals surface area contributed by atoms with Gasteiger partial charge in [-0.25, -0.2) is 14.7 Å². The van der Waals surface area contributed by atoms with Gasteiger partial charge < -0.3 is 14.1 Å². The highest BCUT2D eigenvalue weighted by atomic mass is 32.2. The number of nitrogens with zero attached hydrogens (tertiary/aromatic N) is 1. The minimum absolute atomic E-state index is 0.207. The Bertz CT molecular complexity index is 1330. The molecular weight excluding hydrogens is 422 g/mol. The number of carbonyl (C=O) groups is 1. The van der Waals surface area contributed by atoms with Gasteiger partial charge in [0.25, 0.3) is 10.2 Å². The molecule has 0 bridgehead atoms. The maximum atomic E-state index is 12.3. The van der Waals surface area contributed by atoms with Crippen LogP contribution in [0.1, 0.15) is 22.3 Å². The van der Waals surface area contributed by atoms with E-state index in [1.54, 1.807) is 57.4 Å². The van der Waals surface area contributed by atoms with E-state index in [1.165, 1.54) is 4.90 Å². The van der Waals surface area contributed by atoms with Crippen molar-refractivity contribution in [1.29, 1.82) is 0 Å². The van der Waals surface area contributed by atoms with Crippen molar-refractivity contribution in [3.63, 3.8) is 0 Å². The van der Waals surface area contributed by atoms with E-state index in [2.05, 4.69) is 4.72 Å². The van der Waals surface area contributed by atoms with Crippen LogP contribution >= 0.6 is 0 Å². The second-order valence-electron chi connectivity index (χ2n) is 7.35. The van der Waals surface area contributed by atoms with Crippen LogP contribution in [0.4, 0.5) is 10.5 Å². The summed E-state index contributed by atoms with van der Waals surface area (Å²) in [4.78, 5) is 25.8. The molecule has 0 saturated carbocycles. The Labute approximate surface area is 179 Å². The molecule has 3 N–H and O–H groups in total. The number of amides is 1. The summed E-state index contributed by atoms with van der Waals surface area (Å²) in [5.41, 5.74) is 2.54. The van der Waals surface area contributed by atoms with E-state index in [0.717, 1.165) is 10.9 Å². The normalized spacial score (nSPS) is 11.4. The Hall–Kier alpha value is -3.37. The summed E-state index contributed by atoms with van der Waals surface area (Å²) in [6.07, 6.45) is -0.379. The number of fused-ring (bicyclic) bond motifs is 1. The number of carbonyl (C=O) groups excluding carboxylic acids is 1. The quantitative estimate of drug-likeness (QED) is 0.580. The van der Waals surface area contributed by atoms with Crippen molar-refractivity contribution in [3.8, 4) is 5.75 Å². The van der Waals surface area contributed by atoms with Crippen molar-refractivity contribution >= 4 is 33.0 Å². The predicted octanol–water partition coefficient (Wildman–Crippen LogP) is 2.68. The fourth-order valence-corrected chi connectivity index (χ4v) is 3.56. The Balaban J connectivity index is 2.17. The van der Waals surface area contributed by atoms with Gasteiger partial charge >= 0.3 is 11.7 Å². The molecule has 0 fully saturated rings. The van der Waals surface area contributed by atoms with Crippen LogP contribution in [0.5, 0.6) is 5.75 Å². The average Bonchev–Trinajstić information content (AvgIpc) is 2.67. The molecule has 0 atom stereocenters. The third kappa shape index (κ3) is 5.04. The first-order valence-electron chi connectivity index (χ1n) is 9.31. The zero-order valence-electron chi connectivity index (χ0n) is 17.6. The molecule has 31 heavy (non-hydrogen) atoms. The fourth-order valence-electron chi connectivity index (χ4n) is 3.11. The van der Waals surface area contributed by atoms with E-state index >= 15 is 0 Å². The molecule has 0 aliphatic rings. The molecule has 3 rings (SSSR count). The first kappa shape index (κ1) is 22.3. The highest BCUT2D eigenvalue weighted by Gasteiger charge is 2.19. The lowest BCUT2D eigenvalue weighted by atomic mass is 9.98. The fraction of sp³-hybridized carbons (Fsp3) is 0.238. The molecule has 0 spiro atoms. The van der Waals surface area contributed by atoms with Gasteiger partial charge in [0.2, 0.25) is 0 Å². The van der Waals surface area contributed by atoms with Gasteiger partial charge in [0, 0.05) is 37.0 Å². The standard InChI is InChI=1S/C21H23N3O6S/c1-12-13(2)20(25)30-19-16(12)8-9-18(29-21(26)24(3)4)17(19)11-14-6-5-7-15(10-14)23-31(22,27)28/h5-10,23H,11H2,1-4H3,(H2,22,27,28). The van der Waals surface area contributed by atoms with Crippen LogP contribution in [-0.2, 0) is 16.6 Å². The van der Waals surface area contributed by atoms with E-state index in [1.807, 2.05) is 6.92 Å². The van der Waals surface area contributed by atoms with Crippen LogP contribution in [0, 0.1) is 13.8 Å². The van der Waals surface area contributed by atoms with Gasteiger partial charge in [-0.2, -0.15) is 8.42 Å². The molecule has 2 aromatic carbocycles. The number of benzene rings is 2. The zero-order valence-corrected chi connectivity index (χ0v) is 18.4. The van der Waals surface area contributed by atoms with E-state index in [-0.39, 0.29) is 17.9 Å². The molecule has 1 aromatic heterocycles. The van der Waals surface area contributed by atoms with Crippen molar-refractivity contribution in [1.82, 2.24) is 4.90 Å². The number of nitrogens with two attached hydrogens (primary N) is 1. The third-order valence-electron chi connectivity index (χ3n) is 4.82. The number of hydrogen-bond donors (Lipinski definition) is 2. The van der Waals surface area contributed by atoms with Gasteiger partial charge in [0.05, 0.1) is 5.69 Å². The number of aryl methyl sites for hydroxylation is 1. The molecule has 1 heterocycles. The van der Waals surface area contributed by atoms with Gasteiger partial charge in [-0.15, -0.1) is 0 Å². The summed E-state index contributed by atoms with van der Waals surface area (Å²) in [5, 5.41) is 5.77. The topological polar surface area (TPSA) is 132 Å². The largest absolute Gasteiger partial charge is 0.422 e. The van der Waals surface area contributed by atoms with Crippen molar-refractivity contribution < 1.29 is 22.4 Å². The smallest absolute Gasteiger partial charge is 0.414 e. The van der Waals surface area contributed by atoms with E-state index in [9.17, 15) is 18.0 Å². The van der Waals surface area contributed by atoms with Crippen LogP contribution in [0.2, 0.25) is 0 Å². The first-order valence-corrected chi connectivity index (χ1v) is 10.9. The zero-order chi connectivity index (χ0) is 22.9. The molecule has 1 amide bonds. The SMILES string of the molecule is Cc1c(C)c2ccc(OC(=O)N(C)C)c(Cc3cccc(NS(N)(=O)=O)c3)c2oc1=O. The second-order valence-corrected chi connectivity index (χ2v) is 8.64. The molecule has 0 aliphatic heterocycles. The predicted molar refractivity (Wildman–Crippen MR) is 118 cm³/mol. The Morgan fingerprint density at radius 3 is 2.52 bits per heavy atom. The maximum Gasteiger partial charge on any atom is 0.414 e. The number of nitrogens with one attached hydrogen (secondary N) is 1. The summed E-state index contributed by atoms with van der Waals surface area (Å²) >= 11 is 0.